The molecule has 0 fully saturated rings. The van der Waals surface area contributed by atoms with Crippen molar-refractivity contribution >= 4 is 5.69 Å². The van der Waals surface area contributed by atoms with Crippen LogP contribution in [0.3, 0.4) is 0 Å². The van der Waals surface area contributed by atoms with E-state index in [0.29, 0.717) is 0 Å². The zero-order valence-electron chi connectivity index (χ0n) is 7.31. The molecular weight excluding hydrogens is 184 g/mol. The van der Waals surface area contributed by atoms with Gasteiger partial charge in [0.05, 0.1) is 4.92 Å². The van der Waals surface area contributed by atoms with Gasteiger partial charge in [0.15, 0.2) is 5.82 Å². The molecule has 6 heteroatoms. The maximum Gasteiger partial charge on any atom is 0.275 e. The van der Waals surface area contributed by atoms with Gasteiger partial charge in [-0.1, -0.05) is 18.2 Å². The average molecular weight is 194 g/mol. The zero-order chi connectivity index (χ0) is 10.4. The van der Waals surface area contributed by atoms with Crippen LogP contribution in [0.4, 0.5) is 5.69 Å². The number of benzene rings is 1. The van der Waals surface area contributed by atoms with Crippen LogP contribution in [0.2, 0.25) is 0 Å². The number of nitrogens with zero attached hydrogens (tertiary/aromatic N) is 1. The van der Waals surface area contributed by atoms with Gasteiger partial charge in [0.1, 0.15) is 0 Å². The normalized spacial score (nSPS) is 10.8. The number of anilines is 1. The highest BCUT2D eigenvalue weighted by atomic mass is 16.6. The molecule has 1 aromatic carbocycles. The lowest BCUT2D eigenvalue weighted by atomic mass is 10.3. The number of nitrogens with two attached hydrogens (primary N) is 1. The second-order valence-corrected chi connectivity index (χ2v) is 2.46. The second kappa shape index (κ2) is 4.83. The minimum absolute atomic E-state index is 0.126. The van der Waals surface area contributed by atoms with E-state index >= 15 is 0 Å². The number of para-hydroxylation sites is 1. The Morgan fingerprint density at radius 1 is 1.43 bits per heavy atom. The maximum absolute atomic E-state index is 10.2. The molecule has 0 saturated heterocycles. The van der Waals surface area contributed by atoms with Gasteiger partial charge in [0.2, 0.25) is 0 Å². The van der Waals surface area contributed by atoms with E-state index in [1.54, 1.807) is 12.1 Å². The summed E-state index contributed by atoms with van der Waals surface area (Å²) in [6, 6.07) is 9.00. The Bertz CT molecular complexity index is 336. The fourth-order valence-corrected chi connectivity index (χ4v) is 0.888. The van der Waals surface area contributed by atoms with Gasteiger partial charge in [-0.2, -0.15) is 0 Å². The Kier molecular flexibility index (Phi) is 3.45. The largest absolute Gasteiger partial charge is 0.336 e. The molecule has 14 heavy (non-hydrogen) atoms. The van der Waals surface area contributed by atoms with E-state index in [0.717, 1.165) is 11.9 Å². The number of hydrazine groups is 1. The summed E-state index contributed by atoms with van der Waals surface area (Å²) in [5.41, 5.74) is 2.91. The molecule has 0 aliphatic rings. The van der Waals surface area contributed by atoms with Gasteiger partial charge in [-0.3, -0.25) is 10.1 Å². The van der Waals surface area contributed by atoms with Crippen LogP contribution in [-0.2, 0) is 0 Å². The van der Waals surface area contributed by atoms with Crippen LogP contribution >= 0.6 is 0 Å². The lowest BCUT2D eigenvalue weighted by molar-refractivity contribution is -0.403. The molecule has 1 rings (SSSR count). The first-order valence-corrected chi connectivity index (χ1v) is 3.86. The van der Waals surface area contributed by atoms with Crippen LogP contribution in [0.5, 0.6) is 0 Å². The molecule has 0 aliphatic heterocycles. The monoisotopic (exact) mass is 194 g/mol. The Hall–Kier alpha value is -2.08. The SMILES string of the molecule is NNC(=C[N+](=O)[O-])Nc1ccccc1. The van der Waals surface area contributed by atoms with Gasteiger partial charge in [0.25, 0.3) is 6.20 Å². The highest BCUT2D eigenvalue weighted by Crippen LogP contribution is 2.06. The van der Waals surface area contributed by atoms with E-state index in [2.05, 4.69) is 10.7 Å². The van der Waals surface area contributed by atoms with Crippen molar-refractivity contribution in [1.29, 1.82) is 0 Å². The molecule has 0 spiro atoms. The topological polar surface area (TPSA) is 93.2 Å². The van der Waals surface area contributed by atoms with E-state index in [-0.39, 0.29) is 5.82 Å². The predicted octanol–water partition coefficient (Wildman–Crippen LogP) is 0.637. The van der Waals surface area contributed by atoms with Crippen LogP contribution in [0, 0.1) is 10.1 Å². The quantitative estimate of drug-likeness (QED) is 0.371. The van der Waals surface area contributed by atoms with Crippen molar-refractivity contribution in [2.75, 3.05) is 5.32 Å². The first-order chi connectivity index (χ1) is 6.72. The summed E-state index contributed by atoms with van der Waals surface area (Å²) in [5.74, 6) is 5.21. The molecular formula is C8H10N4O2. The van der Waals surface area contributed by atoms with E-state index in [1.807, 2.05) is 18.2 Å². The highest BCUT2D eigenvalue weighted by molar-refractivity contribution is 5.46. The highest BCUT2D eigenvalue weighted by Gasteiger charge is 1.99. The van der Waals surface area contributed by atoms with Crippen LogP contribution in [0.1, 0.15) is 0 Å². The number of rotatable bonds is 4. The lowest BCUT2D eigenvalue weighted by Gasteiger charge is -2.06. The van der Waals surface area contributed by atoms with Crippen LogP contribution in [-0.4, -0.2) is 4.92 Å². The molecule has 0 radical (unpaired) electrons. The number of hydrogen-bond acceptors (Lipinski definition) is 5. The first kappa shape index (κ1) is 10.0. The van der Waals surface area contributed by atoms with Crippen molar-refractivity contribution in [3.8, 4) is 0 Å². The molecule has 0 unspecified atom stereocenters. The number of nitro groups is 1. The Labute approximate surface area is 80.5 Å². The Morgan fingerprint density at radius 3 is 2.57 bits per heavy atom. The van der Waals surface area contributed by atoms with Gasteiger partial charge in [0, 0.05) is 5.69 Å². The van der Waals surface area contributed by atoms with Crippen LogP contribution in [0.15, 0.2) is 42.4 Å². The minimum Gasteiger partial charge on any atom is -0.336 e. The Morgan fingerprint density at radius 2 is 2.07 bits per heavy atom. The third kappa shape index (κ3) is 3.11. The smallest absolute Gasteiger partial charge is 0.275 e. The van der Waals surface area contributed by atoms with E-state index in [9.17, 15) is 10.1 Å². The van der Waals surface area contributed by atoms with Gasteiger partial charge >= 0.3 is 0 Å². The molecule has 0 saturated carbocycles. The molecule has 4 N–H and O–H groups in total. The first-order valence-electron chi connectivity index (χ1n) is 3.86. The summed E-state index contributed by atoms with van der Waals surface area (Å²) in [6.45, 7) is 0. The van der Waals surface area contributed by atoms with Gasteiger partial charge in [-0.05, 0) is 12.1 Å². The third-order valence-corrected chi connectivity index (χ3v) is 1.44. The number of hydrogen-bond donors (Lipinski definition) is 3. The average Bonchev–Trinajstić information content (AvgIpc) is 2.17. The lowest BCUT2D eigenvalue weighted by Crippen LogP contribution is -2.26. The van der Waals surface area contributed by atoms with E-state index in [4.69, 9.17) is 5.84 Å². The fraction of sp³-hybridized carbons (Fsp3) is 0. The summed E-state index contributed by atoms with van der Waals surface area (Å²) >= 11 is 0. The van der Waals surface area contributed by atoms with Gasteiger partial charge < -0.3 is 10.7 Å². The molecule has 0 heterocycles. The summed E-state index contributed by atoms with van der Waals surface area (Å²) in [5, 5.41) is 12.9. The summed E-state index contributed by atoms with van der Waals surface area (Å²) in [6.07, 6.45) is 0.757. The van der Waals surface area contributed by atoms with Gasteiger partial charge in [-0.15, -0.1) is 0 Å². The molecule has 0 amide bonds. The zero-order valence-corrected chi connectivity index (χ0v) is 7.31. The van der Waals surface area contributed by atoms with E-state index < -0.39 is 4.92 Å². The number of nitrogens with one attached hydrogen (secondary N) is 2. The van der Waals surface area contributed by atoms with Crippen LogP contribution in [0.25, 0.3) is 0 Å². The molecule has 0 bridgehead atoms. The standard InChI is InChI=1S/C8H10N4O2/c9-11-8(6-12(13)14)10-7-4-2-1-3-5-7/h1-6,10-11H,9H2. The molecule has 74 valence electrons. The van der Waals surface area contributed by atoms with Crippen molar-refractivity contribution in [3.63, 3.8) is 0 Å². The molecule has 1 aromatic rings. The molecule has 0 aliphatic carbocycles. The van der Waals surface area contributed by atoms with Crippen LogP contribution < -0.4 is 16.6 Å². The van der Waals surface area contributed by atoms with E-state index in [1.165, 1.54) is 0 Å². The predicted molar refractivity (Wildman–Crippen MR) is 52.5 cm³/mol. The fourth-order valence-electron chi connectivity index (χ4n) is 0.888. The third-order valence-electron chi connectivity index (χ3n) is 1.44. The van der Waals surface area contributed by atoms with Gasteiger partial charge in [-0.25, -0.2) is 5.84 Å². The molecule has 0 aromatic heterocycles. The van der Waals surface area contributed by atoms with Crippen molar-refractivity contribution < 1.29 is 4.92 Å². The summed E-state index contributed by atoms with van der Waals surface area (Å²) in [7, 11) is 0. The molecule has 6 nitrogen and oxygen atoms in total. The van der Waals surface area contributed by atoms with Crippen molar-refractivity contribution in [2.45, 2.75) is 0 Å². The van der Waals surface area contributed by atoms with Crippen molar-refractivity contribution in [3.05, 3.63) is 52.5 Å². The summed E-state index contributed by atoms with van der Waals surface area (Å²) < 4.78 is 0. The molecule has 0 atom stereocenters. The Balaban J connectivity index is 2.71. The maximum atomic E-state index is 10.2. The summed E-state index contributed by atoms with van der Waals surface area (Å²) in [4.78, 5) is 9.56. The van der Waals surface area contributed by atoms with Crippen molar-refractivity contribution in [1.82, 2.24) is 5.43 Å². The minimum atomic E-state index is -0.592. The second-order valence-electron chi connectivity index (χ2n) is 2.46. The van der Waals surface area contributed by atoms with Crippen molar-refractivity contribution in [2.24, 2.45) is 5.84 Å².